The first-order valence-corrected chi connectivity index (χ1v) is 5.46. The third-order valence-electron chi connectivity index (χ3n) is 3.18. The van der Waals surface area contributed by atoms with E-state index in [1.807, 2.05) is 35.2 Å². The summed E-state index contributed by atoms with van der Waals surface area (Å²) in [5.74, 6) is 0. The summed E-state index contributed by atoms with van der Waals surface area (Å²) in [6.07, 6.45) is 0. The lowest BCUT2D eigenvalue weighted by atomic mass is 9.78. The average Bonchev–Trinajstić information content (AvgIpc) is 2.14. The van der Waals surface area contributed by atoms with Gasteiger partial charge in [0.25, 0.3) is 0 Å². The molecule has 16 heavy (non-hydrogen) atoms. The van der Waals surface area contributed by atoms with Gasteiger partial charge in [0.1, 0.15) is 0 Å². The summed E-state index contributed by atoms with van der Waals surface area (Å²) in [5.41, 5.74) is 1.13. The van der Waals surface area contributed by atoms with Crippen LogP contribution in [0, 0.1) is 5.41 Å². The molecule has 1 spiro atoms. The molecule has 0 radical (unpaired) electrons. The molecule has 2 fully saturated rings. The van der Waals surface area contributed by atoms with Crippen molar-refractivity contribution in [1.82, 2.24) is 4.90 Å². The standard InChI is InChI=1S/C12H14N2O2/c15-11(13-10-4-2-1-3-5-10)14-6-12(7-14)8-16-9-12/h1-5H,6-9H2,(H,13,15). The average molecular weight is 218 g/mol. The van der Waals surface area contributed by atoms with E-state index >= 15 is 0 Å². The lowest BCUT2D eigenvalue weighted by Gasteiger charge is -2.54. The molecule has 0 aliphatic carbocycles. The normalized spacial score (nSPS) is 21.1. The predicted octanol–water partition coefficient (Wildman–Crippen LogP) is 1.55. The number of rotatable bonds is 1. The van der Waals surface area contributed by atoms with Gasteiger partial charge in [0.2, 0.25) is 0 Å². The van der Waals surface area contributed by atoms with E-state index in [4.69, 9.17) is 4.74 Å². The molecule has 1 N–H and O–H groups in total. The van der Waals surface area contributed by atoms with Crippen molar-refractivity contribution in [1.29, 1.82) is 0 Å². The van der Waals surface area contributed by atoms with Crippen LogP contribution >= 0.6 is 0 Å². The van der Waals surface area contributed by atoms with E-state index < -0.39 is 0 Å². The van der Waals surface area contributed by atoms with Crippen LogP contribution in [0.3, 0.4) is 0 Å². The van der Waals surface area contributed by atoms with Gasteiger partial charge in [-0.2, -0.15) is 0 Å². The van der Waals surface area contributed by atoms with E-state index in [9.17, 15) is 4.79 Å². The number of urea groups is 1. The van der Waals surface area contributed by atoms with Gasteiger partial charge in [0.15, 0.2) is 0 Å². The molecular formula is C12H14N2O2. The van der Waals surface area contributed by atoms with Crippen LogP contribution in [0.15, 0.2) is 30.3 Å². The van der Waals surface area contributed by atoms with E-state index in [1.165, 1.54) is 0 Å². The number of para-hydroxylation sites is 1. The smallest absolute Gasteiger partial charge is 0.321 e. The first-order valence-electron chi connectivity index (χ1n) is 5.46. The summed E-state index contributed by atoms with van der Waals surface area (Å²) in [6.45, 7) is 3.27. The quantitative estimate of drug-likeness (QED) is 0.777. The Kier molecular flexibility index (Phi) is 2.11. The Bertz CT molecular complexity index is 393. The summed E-state index contributed by atoms with van der Waals surface area (Å²) >= 11 is 0. The van der Waals surface area contributed by atoms with Crippen LogP contribution in [0.25, 0.3) is 0 Å². The minimum absolute atomic E-state index is 0.0104. The number of carbonyl (C=O) groups is 1. The first-order chi connectivity index (χ1) is 7.77. The number of hydrogen-bond donors (Lipinski definition) is 1. The summed E-state index contributed by atoms with van der Waals surface area (Å²) in [5, 5.41) is 2.88. The second-order valence-electron chi connectivity index (χ2n) is 4.65. The maximum absolute atomic E-state index is 11.8. The van der Waals surface area contributed by atoms with Gasteiger partial charge in [0.05, 0.1) is 18.6 Å². The van der Waals surface area contributed by atoms with Gasteiger partial charge < -0.3 is 15.0 Å². The number of anilines is 1. The molecule has 0 aromatic heterocycles. The van der Waals surface area contributed by atoms with Crippen molar-refractivity contribution in [3.05, 3.63) is 30.3 Å². The van der Waals surface area contributed by atoms with Crippen LogP contribution in [0.1, 0.15) is 0 Å². The zero-order chi connectivity index (χ0) is 11.0. The van der Waals surface area contributed by atoms with Crippen LogP contribution in [0.2, 0.25) is 0 Å². The van der Waals surface area contributed by atoms with Gasteiger partial charge in [-0.25, -0.2) is 4.79 Å². The molecule has 0 saturated carbocycles. The highest BCUT2D eigenvalue weighted by molar-refractivity contribution is 5.89. The molecular weight excluding hydrogens is 204 g/mol. The minimum atomic E-state index is -0.0104. The number of likely N-dealkylation sites (tertiary alicyclic amines) is 1. The largest absolute Gasteiger partial charge is 0.380 e. The lowest BCUT2D eigenvalue weighted by Crippen LogP contribution is -2.67. The van der Waals surface area contributed by atoms with Crippen molar-refractivity contribution >= 4 is 11.7 Å². The van der Waals surface area contributed by atoms with Crippen LogP contribution in [-0.2, 0) is 4.74 Å². The number of amides is 2. The minimum Gasteiger partial charge on any atom is -0.380 e. The Balaban J connectivity index is 1.55. The molecule has 0 bridgehead atoms. The fourth-order valence-corrected chi connectivity index (χ4v) is 2.20. The van der Waals surface area contributed by atoms with Gasteiger partial charge >= 0.3 is 6.03 Å². The summed E-state index contributed by atoms with van der Waals surface area (Å²) in [7, 11) is 0. The maximum atomic E-state index is 11.8. The number of nitrogens with one attached hydrogen (secondary N) is 1. The third kappa shape index (κ3) is 1.55. The Morgan fingerprint density at radius 2 is 1.94 bits per heavy atom. The molecule has 2 amide bonds. The fourth-order valence-electron chi connectivity index (χ4n) is 2.20. The second-order valence-corrected chi connectivity index (χ2v) is 4.65. The van der Waals surface area contributed by atoms with Crippen molar-refractivity contribution in [2.24, 2.45) is 5.41 Å². The predicted molar refractivity (Wildman–Crippen MR) is 60.3 cm³/mol. The molecule has 0 atom stereocenters. The highest BCUT2D eigenvalue weighted by Gasteiger charge is 2.50. The molecule has 2 aliphatic rings. The molecule has 1 aromatic carbocycles. The molecule has 4 heteroatoms. The molecule has 1 aromatic rings. The maximum Gasteiger partial charge on any atom is 0.321 e. The van der Waals surface area contributed by atoms with Gasteiger partial charge in [-0.1, -0.05) is 18.2 Å². The number of benzene rings is 1. The molecule has 2 heterocycles. The van der Waals surface area contributed by atoms with Crippen LogP contribution in [-0.4, -0.2) is 37.2 Å². The molecule has 2 aliphatic heterocycles. The van der Waals surface area contributed by atoms with Gasteiger partial charge in [-0.15, -0.1) is 0 Å². The molecule has 3 rings (SSSR count). The van der Waals surface area contributed by atoms with Crippen molar-refractivity contribution in [3.63, 3.8) is 0 Å². The number of carbonyl (C=O) groups excluding carboxylic acids is 1. The fraction of sp³-hybridized carbons (Fsp3) is 0.417. The van der Waals surface area contributed by atoms with E-state index in [0.717, 1.165) is 32.0 Å². The Morgan fingerprint density at radius 1 is 1.25 bits per heavy atom. The van der Waals surface area contributed by atoms with Crippen molar-refractivity contribution in [2.45, 2.75) is 0 Å². The van der Waals surface area contributed by atoms with Crippen LogP contribution in [0.5, 0.6) is 0 Å². The molecule has 2 saturated heterocycles. The highest BCUT2D eigenvalue weighted by atomic mass is 16.5. The SMILES string of the molecule is O=C(Nc1ccccc1)N1CC2(COC2)C1. The van der Waals surface area contributed by atoms with Gasteiger partial charge in [0, 0.05) is 18.8 Å². The summed E-state index contributed by atoms with van der Waals surface area (Å²) in [6, 6.07) is 9.52. The van der Waals surface area contributed by atoms with Crippen molar-refractivity contribution in [3.8, 4) is 0 Å². The molecule has 84 valence electrons. The van der Waals surface area contributed by atoms with Crippen LogP contribution in [0.4, 0.5) is 10.5 Å². The van der Waals surface area contributed by atoms with Crippen molar-refractivity contribution in [2.75, 3.05) is 31.6 Å². The van der Waals surface area contributed by atoms with E-state index in [0.29, 0.717) is 0 Å². The van der Waals surface area contributed by atoms with E-state index in [-0.39, 0.29) is 11.4 Å². The number of hydrogen-bond acceptors (Lipinski definition) is 2. The van der Waals surface area contributed by atoms with Gasteiger partial charge in [-0.05, 0) is 12.1 Å². The first kappa shape index (κ1) is 9.66. The number of ether oxygens (including phenoxy) is 1. The molecule has 0 unspecified atom stereocenters. The summed E-state index contributed by atoms with van der Waals surface area (Å²) < 4.78 is 5.17. The zero-order valence-electron chi connectivity index (χ0n) is 8.98. The molecule has 4 nitrogen and oxygen atoms in total. The third-order valence-corrected chi connectivity index (χ3v) is 3.18. The van der Waals surface area contributed by atoms with Gasteiger partial charge in [-0.3, -0.25) is 0 Å². The monoisotopic (exact) mass is 218 g/mol. The zero-order valence-corrected chi connectivity index (χ0v) is 8.98. The van der Waals surface area contributed by atoms with Crippen LogP contribution < -0.4 is 5.32 Å². The summed E-state index contributed by atoms with van der Waals surface area (Å²) in [4.78, 5) is 13.6. The second kappa shape index (κ2) is 3.49. The van der Waals surface area contributed by atoms with Crippen molar-refractivity contribution < 1.29 is 9.53 Å². The Hall–Kier alpha value is -1.55. The van der Waals surface area contributed by atoms with E-state index in [1.54, 1.807) is 0 Å². The number of nitrogens with zero attached hydrogens (tertiary/aromatic N) is 1. The Morgan fingerprint density at radius 3 is 2.50 bits per heavy atom. The topological polar surface area (TPSA) is 41.6 Å². The lowest BCUT2D eigenvalue weighted by molar-refractivity contribution is -0.174. The van der Waals surface area contributed by atoms with E-state index in [2.05, 4.69) is 5.32 Å². The Labute approximate surface area is 94.2 Å². The highest BCUT2D eigenvalue weighted by Crippen LogP contribution is 2.37.